The summed E-state index contributed by atoms with van der Waals surface area (Å²) in [5.41, 5.74) is -0.0270. The van der Waals surface area contributed by atoms with Gasteiger partial charge < -0.3 is 5.32 Å². The smallest absolute Gasteiger partial charge is 0.245 e. The Morgan fingerprint density at radius 3 is 2.80 bits per heavy atom. The number of amides is 1. The van der Waals surface area contributed by atoms with Gasteiger partial charge in [-0.3, -0.25) is 4.79 Å². The van der Waals surface area contributed by atoms with Crippen molar-refractivity contribution < 1.29 is 4.79 Å². The molecule has 1 N–H and O–H groups in total. The monoisotopic (exact) mass is 203 g/mol. The summed E-state index contributed by atoms with van der Waals surface area (Å²) in [6, 6.07) is 5.53. The molecule has 4 nitrogen and oxygen atoms in total. The fourth-order valence-corrected chi connectivity index (χ4v) is 0.928. The number of nitrogens with one attached hydrogen (secondary N) is 1. The maximum absolute atomic E-state index is 11.6. The molecule has 1 amide bonds. The van der Waals surface area contributed by atoms with E-state index in [0.29, 0.717) is 5.82 Å². The highest BCUT2D eigenvalue weighted by molar-refractivity contribution is 5.95. The van der Waals surface area contributed by atoms with Gasteiger partial charge in [-0.2, -0.15) is 5.26 Å². The second-order valence-corrected chi connectivity index (χ2v) is 3.91. The van der Waals surface area contributed by atoms with Crippen LogP contribution in [0.1, 0.15) is 19.4 Å². The van der Waals surface area contributed by atoms with Gasteiger partial charge in [-0.1, -0.05) is 0 Å². The van der Waals surface area contributed by atoms with Crippen LogP contribution in [0.2, 0.25) is 0 Å². The minimum absolute atomic E-state index is 0.344. The lowest BCUT2D eigenvalue weighted by Gasteiger charge is -2.14. The first-order valence-corrected chi connectivity index (χ1v) is 4.61. The first-order chi connectivity index (χ1) is 6.95. The normalized spacial score (nSPS) is 10.5. The zero-order valence-corrected chi connectivity index (χ0v) is 9.03. The fourth-order valence-electron chi connectivity index (χ4n) is 0.928. The summed E-state index contributed by atoms with van der Waals surface area (Å²) < 4.78 is 0. The third-order valence-electron chi connectivity index (χ3n) is 2.00. The van der Waals surface area contributed by atoms with Crippen LogP contribution in [-0.2, 0) is 4.79 Å². The number of carbonyl (C=O) groups is 1. The molecule has 0 spiro atoms. The standard InChI is InChI=1S/C11H13N3O/c1-8-4-5-13-9(6-8)14-10(15)11(2,3)7-12/h4-6H,1-3H3,(H,13,14,15). The Morgan fingerprint density at radius 2 is 2.27 bits per heavy atom. The van der Waals surface area contributed by atoms with Crippen molar-refractivity contribution in [2.75, 3.05) is 5.32 Å². The molecule has 0 bridgehead atoms. The zero-order chi connectivity index (χ0) is 11.5. The molecule has 0 unspecified atom stereocenters. The Bertz CT molecular complexity index is 418. The molecule has 4 heteroatoms. The van der Waals surface area contributed by atoms with E-state index in [9.17, 15) is 4.79 Å². The number of carbonyl (C=O) groups excluding carboxylic acids is 1. The van der Waals surface area contributed by atoms with Crippen molar-refractivity contribution in [2.45, 2.75) is 20.8 Å². The largest absolute Gasteiger partial charge is 0.309 e. The molecule has 0 aliphatic carbocycles. The summed E-state index contributed by atoms with van der Waals surface area (Å²) in [7, 11) is 0. The molecular weight excluding hydrogens is 190 g/mol. The lowest BCUT2D eigenvalue weighted by atomic mass is 9.95. The van der Waals surface area contributed by atoms with Crippen molar-refractivity contribution in [3.8, 4) is 6.07 Å². The van der Waals surface area contributed by atoms with Gasteiger partial charge in [0, 0.05) is 6.20 Å². The molecule has 0 fully saturated rings. The molecule has 0 saturated heterocycles. The fraction of sp³-hybridized carbons (Fsp3) is 0.364. The van der Waals surface area contributed by atoms with Gasteiger partial charge in [-0.05, 0) is 38.5 Å². The van der Waals surface area contributed by atoms with E-state index in [4.69, 9.17) is 5.26 Å². The van der Waals surface area contributed by atoms with Gasteiger partial charge in [-0.15, -0.1) is 0 Å². The van der Waals surface area contributed by atoms with Gasteiger partial charge in [-0.25, -0.2) is 4.98 Å². The van der Waals surface area contributed by atoms with Crippen LogP contribution in [0.15, 0.2) is 18.3 Å². The molecule has 15 heavy (non-hydrogen) atoms. The summed E-state index contributed by atoms with van der Waals surface area (Å²) in [5, 5.41) is 11.4. The lowest BCUT2D eigenvalue weighted by Crippen LogP contribution is -2.29. The molecule has 0 radical (unpaired) electrons. The highest BCUT2D eigenvalue weighted by Crippen LogP contribution is 2.16. The zero-order valence-electron chi connectivity index (χ0n) is 9.03. The molecule has 1 heterocycles. The average molecular weight is 203 g/mol. The predicted octanol–water partition coefficient (Wildman–Crippen LogP) is 1.88. The van der Waals surface area contributed by atoms with Crippen LogP contribution in [0.4, 0.5) is 5.82 Å². The minimum Gasteiger partial charge on any atom is -0.309 e. The molecule has 1 rings (SSSR count). The summed E-state index contributed by atoms with van der Waals surface area (Å²) in [6.45, 7) is 5.04. The molecule has 0 aromatic carbocycles. The number of aromatic nitrogens is 1. The summed E-state index contributed by atoms with van der Waals surface area (Å²) >= 11 is 0. The van der Waals surface area contributed by atoms with E-state index in [1.165, 1.54) is 0 Å². The van der Waals surface area contributed by atoms with Gasteiger partial charge >= 0.3 is 0 Å². The second kappa shape index (κ2) is 4.09. The van der Waals surface area contributed by atoms with Gasteiger partial charge in [0.2, 0.25) is 5.91 Å². The van der Waals surface area contributed by atoms with Gasteiger partial charge in [0.1, 0.15) is 11.2 Å². The number of nitriles is 1. The van der Waals surface area contributed by atoms with Crippen LogP contribution in [0.3, 0.4) is 0 Å². The van der Waals surface area contributed by atoms with E-state index in [1.807, 2.05) is 19.1 Å². The van der Waals surface area contributed by atoms with Crippen LogP contribution in [0, 0.1) is 23.7 Å². The van der Waals surface area contributed by atoms with E-state index < -0.39 is 5.41 Å². The van der Waals surface area contributed by atoms with E-state index in [-0.39, 0.29) is 5.91 Å². The molecule has 0 aliphatic heterocycles. The number of aryl methyl sites for hydroxylation is 1. The molecular formula is C11H13N3O. The molecule has 0 atom stereocenters. The highest BCUT2D eigenvalue weighted by atomic mass is 16.2. The number of pyridine rings is 1. The van der Waals surface area contributed by atoms with Crippen LogP contribution in [0.5, 0.6) is 0 Å². The third kappa shape index (κ3) is 2.78. The number of rotatable bonds is 2. The van der Waals surface area contributed by atoms with Crippen molar-refractivity contribution in [1.82, 2.24) is 4.98 Å². The molecule has 1 aromatic heterocycles. The number of nitrogens with zero attached hydrogens (tertiary/aromatic N) is 2. The lowest BCUT2D eigenvalue weighted by molar-refractivity contribution is -0.121. The second-order valence-electron chi connectivity index (χ2n) is 3.91. The van der Waals surface area contributed by atoms with Crippen molar-refractivity contribution in [2.24, 2.45) is 5.41 Å². The van der Waals surface area contributed by atoms with Gasteiger partial charge in [0.05, 0.1) is 6.07 Å². The van der Waals surface area contributed by atoms with E-state index in [0.717, 1.165) is 5.56 Å². The van der Waals surface area contributed by atoms with Crippen molar-refractivity contribution in [3.63, 3.8) is 0 Å². The average Bonchev–Trinajstić information content (AvgIpc) is 2.17. The number of hydrogen-bond donors (Lipinski definition) is 1. The van der Waals surface area contributed by atoms with Gasteiger partial charge in [0.15, 0.2) is 0 Å². The Hall–Kier alpha value is -1.89. The van der Waals surface area contributed by atoms with E-state index in [1.54, 1.807) is 26.1 Å². The van der Waals surface area contributed by atoms with Crippen LogP contribution < -0.4 is 5.32 Å². The Balaban J connectivity index is 2.81. The predicted molar refractivity (Wildman–Crippen MR) is 57.0 cm³/mol. The maximum Gasteiger partial charge on any atom is 0.245 e. The van der Waals surface area contributed by atoms with Crippen molar-refractivity contribution in [1.29, 1.82) is 5.26 Å². The third-order valence-corrected chi connectivity index (χ3v) is 2.00. The summed E-state index contributed by atoms with van der Waals surface area (Å²) in [6.07, 6.45) is 1.62. The first kappa shape index (κ1) is 11.2. The van der Waals surface area contributed by atoms with Gasteiger partial charge in [0.25, 0.3) is 0 Å². The van der Waals surface area contributed by atoms with Crippen LogP contribution in [0.25, 0.3) is 0 Å². The number of hydrogen-bond acceptors (Lipinski definition) is 3. The highest BCUT2D eigenvalue weighted by Gasteiger charge is 2.27. The Labute approximate surface area is 88.9 Å². The number of anilines is 1. The van der Waals surface area contributed by atoms with E-state index in [2.05, 4.69) is 10.3 Å². The SMILES string of the molecule is Cc1ccnc(NC(=O)C(C)(C)C#N)c1. The van der Waals surface area contributed by atoms with Crippen LogP contribution >= 0.6 is 0 Å². The van der Waals surface area contributed by atoms with Crippen LogP contribution in [-0.4, -0.2) is 10.9 Å². The van der Waals surface area contributed by atoms with Crippen molar-refractivity contribution in [3.05, 3.63) is 23.9 Å². The molecule has 0 saturated carbocycles. The quantitative estimate of drug-likeness (QED) is 0.798. The summed E-state index contributed by atoms with van der Waals surface area (Å²) in [4.78, 5) is 15.6. The molecule has 0 aliphatic rings. The van der Waals surface area contributed by atoms with Crippen molar-refractivity contribution >= 4 is 11.7 Å². The molecule has 78 valence electrons. The Kier molecular flexibility index (Phi) is 3.05. The Morgan fingerprint density at radius 1 is 1.60 bits per heavy atom. The minimum atomic E-state index is -1.04. The molecule has 1 aromatic rings. The topological polar surface area (TPSA) is 65.8 Å². The summed E-state index contributed by atoms with van der Waals surface area (Å²) in [5.74, 6) is 0.131. The first-order valence-electron chi connectivity index (χ1n) is 4.61. The maximum atomic E-state index is 11.6. The van der Waals surface area contributed by atoms with E-state index >= 15 is 0 Å².